The molecule has 0 spiro atoms. The highest BCUT2D eigenvalue weighted by Crippen LogP contribution is 2.32. The van der Waals surface area contributed by atoms with Crippen LogP contribution in [0.2, 0.25) is 0 Å². The molecule has 2 rings (SSSR count). The number of nitrogens with one attached hydrogen (secondary N) is 2. The Bertz CT molecular complexity index is 575. The maximum atomic E-state index is 12.5. The van der Waals surface area contributed by atoms with E-state index in [1.807, 2.05) is 13.8 Å². The normalized spacial score (nSPS) is 22.4. The van der Waals surface area contributed by atoms with Crippen molar-refractivity contribution in [2.24, 2.45) is 11.7 Å². The van der Waals surface area contributed by atoms with Crippen LogP contribution in [0.15, 0.2) is 24.3 Å². The molecule has 6 nitrogen and oxygen atoms in total. The first kappa shape index (κ1) is 21.3. The molecule has 0 aromatic heterocycles. The molecule has 1 aliphatic carbocycles. The van der Waals surface area contributed by atoms with Gasteiger partial charge in [0.05, 0.1) is 5.92 Å². The smallest absolute Gasteiger partial charge is 0.257 e. The largest absolute Gasteiger partial charge is 0.484 e. The van der Waals surface area contributed by atoms with Gasteiger partial charge in [-0.3, -0.25) is 9.59 Å². The predicted octanol–water partition coefficient (Wildman–Crippen LogP) is 2.47. The third-order valence-electron chi connectivity index (χ3n) is 4.44. The maximum absolute atomic E-state index is 12.5. The van der Waals surface area contributed by atoms with E-state index in [-0.39, 0.29) is 36.7 Å². The van der Waals surface area contributed by atoms with Crippen LogP contribution >= 0.6 is 12.4 Å². The molecule has 25 heavy (non-hydrogen) atoms. The summed E-state index contributed by atoms with van der Waals surface area (Å²) >= 11 is 0. The van der Waals surface area contributed by atoms with Gasteiger partial charge in [-0.25, -0.2) is 0 Å². The van der Waals surface area contributed by atoms with E-state index in [0.29, 0.717) is 18.0 Å². The summed E-state index contributed by atoms with van der Waals surface area (Å²) in [6.07, 6.45) is 3.82. The number of ether oxygens (including phenoxy) is 1. The van der Waals surface area contributed by atoms with Crippen LogP contribution in [0.25, 0.3) is 0 Å². The Morgan fingerprint density at radius 1 is 1.28 bits per heavy atom. The molecule has 7 heteroatoms. The zero-order valence-corrected chi connectivity index (χ0v) is 15.7. The molecule has 0 radical (unpaired) electrons. The highest BCUT2D eigenvalue weighted by molar-refractivity contribution is 5.93. The number of nitrogens with two attached hydrogens (primary N) is 1. The number of rotatable bonds is 6. The quantitative estimate of drug-likeness (QED) is 0.718. The third kappa shape index (κ3) is 6.21. The molecule has 1 aromatic carbocycles. The molecule has 1 fully saturated rings. The number of benzene rings is 1. The molecule has 1 saturated carbocycles. The molecule has 0 heterocycles. The summed E-state index contributed by atoms with van der Waals surface area (Å²) in [6.45, 7) is 4.37. The fraction of sp³-hybridized carbons (Fsp3) is 0.556. The first-order valence-electron chi connectivity index (χ1n) is 8.51. The number of hydrogen-bond donors (Lipinski definition) is 3. The van der Waals surface area contributed by atoms with Crippen LogP contribution in [0, 0.1) is 5.92 Å². The van der Waals surface area contributed by atoms with Crippen molar-refractivity contribution >= 4 is 29.9 Å². The minimum atomic E-state index is -0.446. The van der Waals surface area contributed by atoms with Crippen molar-refractivity contribution in [1.82, 2.24) is 5.32 Å². The Kier molecular flexibility index (Phi) is 8.19. The first-order valence-corrected chi connectivity index (χ1v) is 8.51. The maximum Gasteiger partial charge on any atom is 0.257 e. The van der Waals surface area contributed by atoms with Gasteiger partial charge in [0.15, 0.2) is 6.61 Å². The van der Waals surface area contributed by atoms with Gasteiger partial charge >= 0.3 is 0 Å². The van der Waals surface area contributed by atoms with Crippen LogP contribution in [0.4, 0.5) is 5.69 Å². The van der Waals surface area contributed by atoms with Gasteiger partial charge < -0.3 is 21.1 Å². The van der Waals surface area contributed by atoms with Gasteiger partial charge in [-0.1, -0.05) is 12.8 Å². The summed E-state index contributed by atoms with van der Waals surface area (Å²) < 4.78 is 5.38. The lowest BCUT2D eigenvalue weighted by Crippen LogP contribution is -2.51. The number of hydrogen-bond acceptors (Lipinski definition) is 4. The predicted molar refractivity (Wildman–Crippen MR) is 101 cm³/mol. The molecule has 1 aromatic rings. The Morgan fingerprint density at radius 3 is 2.56 bits per heavy atom. The molecular formula is C18H28ClN3O3. The number of amides is 2. The van der Waals surface area contributed by atoms with E-state index in [0.717, 1.165) is 25.7 Å². The fourth-order valence-corrected chi connectivity index (χ4v) is 3.05. The summed E-state index contributed by atoms with van der Waals surface area (Å²) in [7, 11) is 0. The minimum absolute atomic E-state index is 0. The Morgan fingerprint density at radius 2 is 1.96 bits per heavy atom. The first-order chi connectivity index (χ1) is 11.4. The van der Waals surface area contributed by atoms with Gasteiger partial charge in [-0.15, -0.1) is 12.4 Å². The van der Waals surface area contributed by atoms with Gasteiger partial charge in [-0.05, 0) is 51.0 Å². The Labute approximate surface area is 155 Å². The molecule has 2 atom stereocenters. The van der Waals surface area contributed by atoms with E-state index in [1.165, 1.54) is 0 Å². The number of likely N-dealkylation sites (N-methyl/N-ethyl adjacent to an activating group) is 1. The molecule has 140 valence electrons. The van der Waals surface area contributed by atoms with Gasteiger partial charge in [0.25, 0.3) is 5.91 Å². The van der Waals surface area contributed by atoms with Gasteiger partial charge in [-0.2, -0.15) is 0 Å². The van der Waals surface area contributed by atoms with Crippen LogP contribution < -0.4 is 21.1 Å². The lowest BCUT2D eigenvalue weighted by Gasteiger charge is -2.37. The van der Waals surface area contributed by atoms with Crippen molar-refractivity contribution < 1.29 is 14.3 Å². The molecule has 2 amide bonds. The molecule has 0 bridgehead atoms. The summed E-state index contributed by atoms with van der Waals surface area (Å²) in [6, 6.07) is 7.00. The summed E-state index contributed by atoms with van der Waals surface area (Å²) in [5.74, 6) is 0.227. The monoisotopic (exact) mass is 369 g/mol. The topological polar surface area (TPSA) is 93.5 Å². The molecule has 4 N–H and O–H groups in total. The van der Waals surface area contributed by atoms with Crippen LogP contribution in [-0.2, 0) is 9.59 Å². The van der Waals surface area contributed by atoms with Crippen LogP contribution in [0.3, 0.4) is 0 Å². The average Bonchev–Trinajstić information content (AvgIpc) is 2.54. The van der Waals surface area contributed by atoms with Gasteiger partial charge in [0.2, 0.25) is 5.91 Å². The van der Waals surface area contributed by atoms with Gasteiger partial charge in [0, 0.05) is 17.8 Å². The second-order valence-electron chi connectivity index (χ2n) is 6.56. The number of halogens is 1. The molecule has 0 saturated heterocycles. The second kappa shape index (κ2) is 9.63. The standard InChI is InChI=1S/C18H27N3O3.ClH/c1-3-20-16(22)12-24-14-9-7-13(8-10-14)21-17(23)15-6-4-5-11-18(15,2)19;/h7-10,15H,3-6,11-12,19H2,1-2H3,(H,20,22)(H,21,23);1H. The summed E-state index contributed by atoms with van der Waals surface area (Å²) in [4.78, 5) is 23.8. The highest BCUT2D eigenvalue weighted by atomic mass is 35.5. The highest BCUT2D eigenvalue weighted by Gasteiger charge is 2.37. The van der Waals surface area contributed by atoms with Crippen molar-refractivity contribution in [3.63, 3.8) is 0 Å². The van der Waals surface area contributed by atoms with E-state index < -0.39 is 5.54 Å². The Hall–Kier alpha value is -1.79. The lowest BCUT2D eigenvalue weighted by molar-refractivity contribution is -0.123. The fourth-order valence-electron chi connectivity index (χ4n) is 3.05. The SMILES string of the molecule is CCNC(=O)COc1ccc(NC(=O)C2CCCCC2(C)N)cc1.Cl. The summed E-state index contributed by atoms with van der Waals surface area (Å²) in [5.41, 5.74) is 6.53. The van der Waals surface area contributed by atoms with E-state index in [4.69, 9.17) is 10.5 Å². The van der Waals surface area contributed by atoms with Crippen molar-refractivity contribution in [2.45, 2.75) is 45.1 Å². The zero-order chi connectivity index (χ0) is 17.6. The van der Waals surface area contributed by atoms with Crippen molar-refractivity contribution in [2.75, 3.05) is 18.5 Å². The average molecular weight is 370 g/mol. The lowest BCUT2D eigenvalue weighted by atomic mass is 9.74. The second-order valence-corrected chi connectivity index (χ2v) is 6.56. The molecular weight excluding hydrogens is 342 g/mol. The number of anilines is 1. The number of carbonyl (C=O) groups excluding carboxylic acids is 2. The van der Waals surface area contributed by atoms with Gasteiger partial charge in [0.1, 0.15) is 5.75 Å². The molecule has 2 unspecified atom stereocenters. The van der Waals surface area contributed by atoms with Crippen molar-refractivity contribution in [1.29, 1.82) is 0 Å². The molecule has 1 aliphatic rings. The van der Waals surface area contributed by atoms with Crippen molar-refractivity contribution in [3.8, 4) is 5.75 Å². The van der Waals surface area contributed by atoms with E-state index in [1.54, 1.807) is 24.3 Å². The number of carbonyl (C=O) groups is 2. The zero-order valence-electron chi connectivity index (χ0n) is 14.8. The van der Waals surface area contributed by atoms with Crippen molar-refractivity contribution in [3.05, 3.63) is 24.3 Å². The van der Waals surface area contributed by atoms with E-state index in [9.17, 15) is 9.59 Å². The van der Waals surface area contributed by atoms with Crippen LogP contribution in [0.1, 0.15) is 39.5 Å². The van der Waals surface area contributed by atoms with Crippen LogP contribution in [0.5, 0.6) is 5.75 Å². The summed E-state index contributed by atoms with van der Waals surface area (Å²) in [5, 5.41) is 5.59. The van der Waals surface area contributed by atoms with Crippen LogP contribution in [-0.4, -0.2) is 30.5 Å². The van der Waals surface area contributed by atoms with E-state index in [2.05, 4.69) is 10.6 Å². The Balaban J connectivity index is 0.00000312. The molecule has 0 aliphatic heterocycles. The third-order valence-corrected chi connectivity index (χ3v) is 4.44. The minimum Gasteiger partial charge on any atom is -0.484 e. The van der Waals surface area contributed by atoms with E-state index >= 15 is 0 Å².